The molecule has 0 heterocycles. The van der Waals surface area contributed by atoms with Crippen LogP contribution in [-0.4, -0.2) is 17.0 Å². The quantitative estimate of drug-likeness (QED) is 0.841. The van der Waals surface area contributed by atoms with Crippen molar-refractivity contribution in [3.63, 3.8) is 0 Å². The second-order valence-electron chi connectivity index (χ2n) is 3.92. The summed E-state index contributed by atoms with van der Waals surface area (Å²) in [5, 5.41) is 0. The lowest BCUT2D eigenvalue weighted by Gasteiger charge is -2.13. The summed E-state index contributed by atoms with van der Waals surface area (Å²) >= 11 is 0. The van der Waals surface area contributed by atoms with Gasteiger partial charge in [-0.1, -0.05) is 12.1 Å². The van der Waals surface area contributed by atoms with Gasteiger partial charge >= 0.3 is 7.60 Å². The van der Waals surface area contributed by atoms with Gasteiger partial charge in [0.15, 0.2) is 0 Å². The first-order valence-corrected chi connectivity index (χ1v) is 6.98. The summed E-state index contributed by atoms with van der Waals surface area (Å²) in [7, 11) is -4.21. The second kappa shape index (κ2) is 5.13. The molecule has 1 rings (SSSR count). The highest BCUT2D eigenvalue weighted by atomic mass is 31.2. The fourth-order valence-corrected chi connectivity index (χ4v) is 2.59. The molecule has 1 aromatic rings. The predicted molar refractivity (Wildman–Crippen MR) is 66.4 cm³/mol. The van der Waals surface area contributed by atoms with E-state index >= 15 is 0 Å². The number of hydrogen-bond acceptors (Lipinski definition) is 3. The van der Waals surface area contributed by atoms with Crippen LogP contribution in [0.3, 0.4) is 0 Å². The average molecular weight is 256 g/mol. The molecule has 1 atom stereocenters. The van der Waals surface area contributed by atoms with E-state index in [1.54, 1.807) is 26.0 Å². The zero-order chi connectivity index (χ0) is 13.2. The number of aryl methyl sites for hydroxylation is 1. The largest absolute Gasteiger partial charge is 0.399 e. The molecule has 0 radical (unpaired) electrons. The number of carbonyl (C=O) groups is 1. The summed E-state index contributed by atoms with van der Waals surface area (Å²) in [6, 6.07) is 3.34. The molecular formula is C12H17O4P. The minimum Gasteiger partial charge on any atom is -0.319 e. The van der Waals surface area contributed by atoms with Crippen LogP contribution in [0.1, 0.15) is 34.0 Å². The highest BCUT2D eigenvalue weighted by molar-refractivity contribution is 7.71. The van der Waals surface area contributed by atoms with E-state index in [9.17, 15) is 14.3 Å². The van der Waals surface area contributed by atoms with Crippen molar-refractivity contribution in [1.82, 2.24) is 0 Å². The van der Waals surface area contributed by atoms with Crippen LogP contribution in [0.15, 0.2) is 12.1 Å². The maximum Gasteiger partial charge on any atom is 0.399 e. The lowest BCUT2D eigenvalue weighted by atomic mass is 10.00. The fourth-order valence-electron chi connectivity index (χ4n) is 1.57. The Morgan fingerprint density at radius 2 is 1.88 bits per heavy atom. The Morgan fingerprint density at radius 1 is 1.29 bits per heavy atom. The second-order valence-corrected chi connectivity index (χ2v) is 5.63. The van der Waals surface area contributed by atoms with E-state index in [0.29, 0.717) is 0 Å². The zero-order valence-electron chi connectivity index (χ0n) is 10.5. The molecule has 0 saturated heterocycles. The average Bonchev–Trinajstić information content (AvgIpc) is 2.25. The van der Waals surface area contributed by atoms with Gasteiger partial charge in [-0.15, -0.1) is 0 Å². The van der Waals surface area contributed by atoms with Crippen molar-refractivity contribution in [2.75, 3.05) is 6.61 Å². The van der Waals surface area contributed by atoms with E-state index in [2.05, 4.69) is 4.52 Å². The highest BCUT2D eigenvalue weighted by Gasteiger charge is 2.32. The Hall–Kier alpha value is -0.960. The van der Waals surface area contributed by atoms with Crippen molar-refractivity contribution < 1.29 is 18.8 Å². The molecule has 17 heavy (non-hydrogen) atoms. The van der Waals surface area contributed by atoms with Gasteiger partial charge in [0.1, 0.15) is 0 Å². The summed E-state index contributed by atoms with van der Waals surface area (Å²) in [6.07, 6.45) is 0. The van der Waals surface area contributed by atoms with E-state index in [4.69, 9.17) is 0 Å². The van der Waals surface area contributed by atoms with Crippen LogP contribution >= 0.6 is 7.60 Å². The van der Waals surface area contributed by atoms with Gasteiger partial charge in [-0.3, -0.25) is 9.36 Å². The van der Waals surface area contributed by atoms with Gasteiger partial charge in [0.2, 0.25) is 0 Å². The van der Waals surface area contributed by atoms with Crippen LogP contribution < -0.4 is 0 Å². The van der Waals surface area contributed by atoms with Crippen molar-refractivity contribution >= 4 is 13.1 Å². The first-order valence-electron chi connectivity index (χ1n) is 5.40. The Morgan fingerprint density at radius 3 is 2.41 bits per heavy atom. The van der Waals surface area contributed by atoms with Crippen LogP contribution in [-0.2, 0) is 9.09 Å². The molecule has 0 spiro atoms. The monoisotopic (exact) mass is 256 g/mol. The topological polar surface area (TPSA) is 63.6 Å². The maximum atomic E-state index is 11.9. The van der Waals surface area contributed by atoms with Crippen molar-refractivity contribution in [3.05, 3.63) is 34.4 Å². The molecule has 0 bridgehead atoms. The summed E-state index contributed by atoms with van der Waals surface area (Å²) in [5.74, 6) is 0. The van der Waals surface area contributed by atoms with Crippen LogP contribution in [0.25, 0.3) is 0 Å². The summed E-state index contributed by atoms with van der Waals surface area (Å²) in [6.45, 7) is 7.18. The molecule has 1 aromatic carbocycles. The van der Waals surface area contributed by atoms with Crippen LogP contribution in [0.5, 0.6) is 0 Å². The molecule has 0 fully saturated rings. The lowest BCUT2D eigenvalue weighted by Crippen LogP contribution is -2.07. The zero-order valence-corrected chi connectivity index (χ0v) is 11.4. The standard InChI is InChI=1S/C12H17O4P/c1-5-16-17(14,15)12(13)11-7-6-8(2)9(3)10(11)4/h6-7H,5H2,1-4H3,(H,14,15). The Balaban J connectivity index is 3.23. The predicted octanol–water partition coefficient (Wildman–Crippen LogP) is 2.97. The van der Waals surface area contributed by atoms with Crippen molar-refractivity contribution in [2.24, 2.45) is 0 Å². The van der Waals surface area contributed by atoms with Gasteiger partial charge in [0, 0.05) is 5.56 Å². The molecule has 0 aromatic heterocycles. The van der Waals surface area contributed by atoms with Gasteiger partial charge in [0.05, 0.1) is 6.61 Å². The molecule has 1 N–H and O–H groups in total. The third-order valence-electron chi connectivity index (χ3n) is 2.85. The molecule has 0 amide bonds. The van der Waals surface area contributed by atoms with E-state index in [1.807, 2.05) is 13.8 Å². The van der Waals surface area contributed by atoms with Gasteiger partial charge in [-0.25, -0.2) is 0 Å². The van der Waals surface area contributed by atoms with Gasteiger partial charge < -0.3 is 9.42 Å². The normalized spacial score (nSPS) is 14.4. The first kappa shape index (κ1) is 14.1. The van der Waals surface area contributed by atoms with E-state index in [-0.39, 0.29) is 12.2 Å². The number of carbonyl (C=O) groups excluding carboxylic acids is 1. The summed E-state index contributed by atoms with van der Waals surface area (Å²) in [4.78, 5) is 21.4. The van der Waals surface area contributed by atoms with Crippen molar-refractivity contribution in [1.29, 1.82) is 0 Å². The molecule has 0 aliphatic carbocycles. The number of hydrogen-bond donors (Lipinski definition) is 1. The maximum absolute atomic E-state index is 11.9. The van der Waals surface area contributed by atoms with Crippen LogP contribution in [0.2, 0.25) is 0 Å². The fraction of sp³-hybridized carbons (Fsp3) is 0.417. The van der Waals surface area contributed by atoms with Gasteiger partial charge in [-0.05, 0) is 44.4 Å². The highest BCUT2D eigenvalue weighted by Crippen LogP contribution is 2.46. The number of benzene rings is 1. The van der Waals surface area contributed by atoms with Crippen molar-refractivity contribution in [3.8, 4) is 0 Å². The molecular weight excluding hydrogens is 239 g/mol. The lowest BCUT2D eigenvalue weighted by molar-refractivity contribution is 0.102. The third kappa shape index (κ3) is 2.83. The molecule has 0 aliphatic rings. The van der Waals surface area contributed by atoms with Crippen LogP contribution in [0, 0.1) is 20.8 Å². The third-order valence-corrected chi connectivity index (χ3v) is 4.21. The Kier molecular flexibility index (Phi) is 4.26. The molecule has 0 aliphatic heterocycles. The summed E-state index contributed by atoms with van der Waals surface area (Å²) < 4.78 is 16.3. The molecule has 0 saturated carbocycles. The molecule has 94 valence electrons. The minimum atomic E-state index is -4.21. The molecule has 4 nitrogen and oxygen atoms in total. The van der Waals surface area contributed by atoms with E-state index in [1.165, 1.54) is 0 Å². The minimum absolute atomic E-state index is 0.0312. The van der Waals surface area contributed by atoms with Crippen LogP contribution in [0.4, 0.5) is 0 Å². The summed E-state index contributed by atoms with van der Waals surface area (Å²) in [5.41, 5.74) is 2.15. The van der Waals surface area contributed by atoms with Crippen molar-refractivity contribution in [2.45, 2.75) is 27.7 Å². The smallest absolute Gasteiger partial charge is 0.319 e. The van der Waals surface area contributed by atoms with Gasteiger partial charge in [-0.2, -0.15) is 0 Å². The van der Waals surface area contributed by atoms with E-state index in [0.717, 1.165) is 16.7 Å². The van der Waals surface area contributed by atoms with Gasteiger partial charge in [0.25, 0.3) is 5.52 Å². The first-order chi connectivity index (χ1) is 7.81. The van der Waals surface area contributed by atoms with E-state index < -0.39 is 13.1 Å². The number of rotatable bonds is 4. The molecule has 5 heteroatoms. The Labute approximate surface area is 101 Å². The Bertz CT molecular complexity index is 494. The SMILES string of the molecule is CCOP(=O)(O)C(=O)c1ccc(C)c(C)c1C. The molecule has 1 unspecified atom stereocenters.